The number of rotatable bonds is 3. The summed E-state index contributed by atoms with van der Waals surface area (Å²) in [5.74, 6) is 0.983. The van der Waals surface area contributed by atoms with Crippen LogP contribution in [0.3, 0.4) is 0 Å². The van der Waals surface area contributed by atoms with Crippen molar-refractivity contribution in [1.29, 1.82) is 0 Å². The van der Waals surface area contributed by atoms with Crippen molar-refractivity contribution in [2.75, 3.05) is 0 Å². The predicted octanol–water partition coefficient (Wildman–Crippen LogP) is 6.33. The molecule has 0 aromatic rings. The molecule has 4 heteroatoms. The van der Waals surface area contributed by atoms with Crippen LogP contribution < -0.4 is 0 Å². The van der Waals surface area contributed by atoms with E-state index < -0.39 is 13.7 Å². The zero-order chi connectivity index (χ0) is 22.0. The molecular formula is C25H42O3Si. The fraction of sp³-hybridized carbons (Fsp3) is 0.840. The van der Waals surface area contributed by atoms with E-state index in [-0.39, 0.29) is 33.7 Å². The van der Waals surface area contributed by atoms with E-state index in [9.17, 15) is 9.59 Å². The first kappa shape index (κ1) is 22.9. The van der Waals surface area contributed by atoms with Gasteiger partial charge < -0.3 is 4.43 Å². The van der Waals surface area contributed by atoms with Gasteiger partial charge in [-0.25, -0.2) is 0 Å². The van der Waals surface area contributed by atoms with E-state index in [1.54, 1.807) is 0 Å². The van der Waals surface area contributed by atoms with E-state index in [2.05, 4.69) is 54.3 Å². The van der Waals surface area contributed by atoms with Gasteiger partial charge in [0.25, 0.3) is 0 Å². The third kappa shape index (κ3) is 3.33. The molecule has 3 saturated carbocycles. The summed E-state index contributed by atoms with van der Waals surface area (Å²) in [6, 6.07) is 0. The fourth-order valence-corrected chi connectivity index (χ4v) is 7.70. The summed E-state index contributed by atoms with van der Waals surface area (Å²) in [6.07, 6.45) is 6.49. The quantitative estimate of drug-likeness (QED) is 0.397. The lowest BCUT2D eigenvalue weighted by molar-refractivity contribution is -0.163. The molecule has 164 valence electrons. The molecule has 0 aliphatic heterocycles. The summed E-state index contributed by atoms with van der Waals surface area (Å²) in [4.78, 5) is 26.8. The lowest BCUT2D eigenvalue weighted by atomic mass is 9.46. The second-order valence-electron chi connectivity index (χ2n) is 12.4. The number of hydrogen-bond acceptors (Lipinski definition) is 3. The van der Waals surface area contributed by atoms with Crippen LogP contribution in [0.5, 0.6) is 0 Å². The SMILES string of the molecule is C=C[C@]1(C)C[C@@H](O[Si](C)(C)C(C)(C)C)[C@@]2(C)[C@@H](C)CC[C@@]3(CCC(=O)[C@@H]32)CC1=O. The minimum absolute atomic E-state index is 0.0492. The van der Waals surface area contributed by atoms with Crippen molar-refractivity contribution in [2.24, 2.45) is 28.1 Å². The van der Waals surface area contributed by atoms with Crippen LogP contribution in [-0.2, 0) is 14.0 Å². The topological polar surface area (TPSA) is 43.4 Å². The van der Waals surface area contributed by atoms with Gasteiger partial charge in [-0.3, -0.25) is 9.59 Å². The van der Waals surface area contributed by atoms with Gasteiger partial charge in [-0.2, -0.15) is 0 Å². The highest BCUT2D eigenvalue weighted by molar-refractivity contribution is 6.74. The van der Waals surface area contributed by atoms with Gasteiger partial charge in [-0.1, -0.05) is 40.7 Å². The molecule has 29 heavy (non-hydrogen) atoms. The van der Waals surface area contributed by atoms with Crippen molar-refractivity contribution in [2.45, 2.75) is 104 Å². The molecule has 0 saturated heterocycles. The Bertz CT molecular complexity index is 720. The summed E-state index contributed by atoms with van der Waals surface area (Å²) in [6.45, 7) is 22.1. The molecule has 0 aromatic heterocycles. The average Bonchev–Trinajstić information content (AvgIpc) is 2.93. The second kappa shape index (κ2) is 6.88. The lowest BCUT2D eigenvalue weighted by Gasteiger charge is -2.60. The molecule has 0 N–H and O–H groups in total. The van der Waals surface area contributed by atoms with Gasteiger partial charge in [0.2, 0.25) is 0 Å². The van der Waals surface area contributed by atoms with E-state index >= 15 is 0 Å². The fourth-order valence-electron chi connectivity index (χ4n) is 6.30. The molecule has 6 atom stereocenters. The normalized spacial score (nSPS) is 43.5. The second-order valence-corrected chi connectivity index (χ2v) is 17.1. The van der Waals surface area contributed by atoms with Gasteiger partial charge in [0.15, 0.2) is 8.32 Å². The van der Waals surface area contributed by atoms with Crippen molar-refractivity contribution in [3.05, 3.63) is 12.7 Å². The van der Waals surface area contributed by atoms with E-state index in [1.807, 2.05) is 13.0 Å². The highest BCUT2D eigenvalue weighted by Gasteiger charge is 2.66. The third-order valence-corrected chi connectivity index (χ3v) is 14.2. The maximum atomic E-state index is 13.5. The zero-order valence-electron chi connectivity index (χ0n) is 20.0. The number of carbonyl (C=O) groups excluding carboxylic acids is 2. The number of allylic oxidation sites excluding steroid dienone is 1. The first-order chi connectivity index (χ1) is 13.1. The van der Waals surface area contributed by atoms with Crippen LogP contribution in [0.15, 0.2) is 12.7 Å². The van der Waals surface area contributed by atoms with Crippen molar-refractivity contribution in [1.82, 2.24) is 0 Å². The van der Waals surface area contributed by atoms with E-state index in [1.165, 1.54) is 0 Å². The van der Waals surface area contributed by atoms with Gasteiger partial charge in [-0.15, -0.1) is 6.58 Å². The summed E-state index contributed by atoms with van der Waals surface area (Å²) < 4.78 is 7.12. The maximum absolute atomic E-state index is 13.5. The first-order valence-corrected chi connectivity index (χ1v) is 14.4. The van der Waals surface area contributed by atoms with Crippen LogP contribution in [0.2, 0.25) is 18.1 Å². The Kier molecular flexibility index (Phi) is 5.44. The standard InChI is InChI=1S/C25H42O3Si/c1-10-23(6)16-20(28-29(8,9)22(3,4)5)24(7)17(2)11-13-25(15-19(23)27)14-12-18(26)21(24)25/h10,17,20-21H,1,11-16H2,2-9H3/t17-,20+,21+,23+,24+,25+/m0/s1. The Hall–Kier alpha value is -0.743. The van der Waals surface area contributed by atoms with Gasteiger partial charge >= 0.3 is 0 Å². The van der Waals surface area contributed by atoms with Gasteiger partial charge in [0, 0.05) is 29.6 Å². The molecule has 2 bridgehead atoms. The zero-order valence-corrected chi connectivity index (χ0v) is 21.0. The van der Waals surface area contributed by atoms with E-state index in [4.69, 9.17) is 4.43 Å². The minimum atomic E-state index is -2.09. The number of carbonyl (C=O) groups is 2. The first-order valence-electron chi connectivity index (χ1n) is 11.5. The van der Waals surface area contributed by atoms with Crippen LogP contribution >= 0.6 is 0 Å². The highest BCUT2D eigenvalue weighted by atomic mass is 28.4. The molecular weight excluding hydrogens is 376 g/mol. The molecule has 3 nitrogen and oxygen atoms in total. The molecule has 0 aromatic carbocycles. The largest absolute Gasteiger partial charge is 0.413 e. The van der Waals surface area contributed by atoms with Crippen molar-refractivity contribution in [3.8, 4) is 0 Å². The molecule has 3 aliphatic carbocycles. The Morgan fingerprint density at radius 2 is 1.79 bits per heavy atom. The van der Waals surface area contributed by atoms with E-state index in [0.717, 1.165) is 19.3 Å². The molecule has 3 fully saturated rings. The van der Waals surface area contributed by atoms with Gasteiger partial charge in [0.05, 0.1) is 6.10 Å². The summed E-state index contributed by atoms with van der Waals surface area (Å²) in [5, 5.41) is 0.0784. The van der Waals surface area contributed by atoms with Crippen molar-refractivity contribution >= 4 is 19.9 Å². The third-order valence-electron chi connectivity index (χ3n) is 9.71. The van der Waals surface area contributed by atoms with E-state index in [0.29, 0.717) is 31.0 Å². The molecule has 0 heterocycles. The summed E-state index contributed by atoms with van der Waals surface area (Å²) >= 11 is 0. The van der Waals surface area contributed by atoms with Gasteiger partial charge in [0.1, 0.15) is 11.6 Å². The Labute approximate surface area is 179 Å². The monoisotopic (exact) mass is 418 g/mol. The lowest BCUT2D eigenvalue weighted by Crippen LogP contribution is -2.61. The Balaban J connectivity index is 2.19. The van der Waals surface area contributed by atoms with Crippen LogP contribution in [0, 0.1) is 28.1 Å². The Morgan fingerprint density at radius 1 is 1.17 bits per heavy atom. The molecule has 0 spiro atoms. The van der Waals surface area contributed by atoms with Crippen LogP contribution in [0.4, 0.5) is 0 Å². The predicted molar refractivity (Wildman–Crippen MR) is 121 cm³/mol. The van der Waals surface area contributed by atoms with Crippen LogP contribution in [0.1, 0.15) is 80.1 Å². The number of hydrogen-bond donors (Lipinski definition) is 0. The highest BCUT2D eigenvalue weighted by Crippen LogP contribution is 2.66. The molecule has 3 aliphatic rings. The van der Waals surface area contributed by atoms with Crippen molar-refractivity contribution < 1.29 is 14.0 Å². The molecule has 3 rings (SSSR count). The minimum Gasteiger partial charge on any atom is -0.413 e. The smallest absolute Gasteiger partial charge is 0.192 e. The maximum Gasteiger partial charge on any atom is 0.192 e. The summed E-state index contributed by atoms with van der Waals surface area (Å²) in [5.41, 5.74) is -0.990. The number of ketones is 2. The summed E-state index contributed by atoms with van der Waals surface area (Å²) in [7, 11) is -2.09. The van der Waals surface area contributed by atoms with Crippen molar-refractivity contribution in [3.63, 3.8) is 0 Å². The average molecular weight is 419 g/mol. The molecule has 0 radical (unpaired) electrons. The Morgan fingerprint density at radius 3 is 2.34 bits per heavy atom. The van der Waals surface area contributed by atoms with Gasteiger partial charge in [-0.05, 0) is 62.1 Å². The van der Waals surface area contributed by atoms with Crippen LogP contribution in [-0.4, -0.2) is 26.0 Å². The number of Topliss-reactive ketones (excluding diaryl/α,β-unsaturated/α-hetero) is 2. The molecule has 0 unspecified atom stereocenters. The van der Waals surface area contributed by atoms with Crippen LogP contribution in [0.25, 0.3) is 0 Å². The molecule has 0 amide bonds.